The Bertz CT molecular complexity index is 3440. The van der Waals surface area contributed by atoms with Crippen molar-refractivity contribution >= 4 is 60.0 Å². The fourth-order valence-corrected chi connectivity index (χ4v) is 7.23. The van der Waals surface area contributed by atoms with E-state index in [2.05, 4.69) is 13.2 Å². The monoisotopic (exact) mass is 1360 g/mol. The van der Waals surface area contributed by atoms with E-state index in [1.807, 2.05) is 26.8 Å². The Morgan fingerprint density at radius 3 is 1.17 bits per heavy atom. The van der Waals surface area contributed by atoms with Crippen LogP contribution in [0, 0.1) is 0 Å². The summed E-state index contributed by atoms with van der Waals surface area (Å²) in [5.41, 5.74) is 3.51. The van der Waals surface area contributed by atoms with Gasteiger partial charge in [0.2, 0.25) is 0 Å². The molecule has 0 saturated heterocycles. The molecule has 5 N–H and O–H groups in total. The van der Waals surface area contributed by atoms with Gasteiger partial charge in [-0.15, -0.1) is 0 Å². The standard InChI is InChI=1S/C31H36O8.C17H22O5.C14H16O4.C10H10O4.C4H8O/c1-5-6-19-37-29(32)18-12-24-11-17-27(28(22-24)35-4)39-31(34)25-13-15-26(16-14-25)36-20-9-7-8-10-21-38-30(33)23(2)3;1-13(2)17(20)22-12-6-4-3-5-11-21-15-9-7-14(8-10-15)16(18)19;1-3-4-9-18-14(16)8-6-11-5-7-12(15)13(10-11)17-2;1-14-9-6-7(2-4-8(9)11)3-5-10(12)13;1-2-3-4-5/h5-6,11-18,22H,2,7-10,19-21H2,1,3-4H3;7-10H,1,3-6,11-12H2,2H3,(H,18,19);3-8,10,15H,9H2,1-2H3;2-6,11H,1H3,(H,12,13);2-3,5H,4H2,1H3/b6-5+,18-12+;;4-3+,8-6+;5-3+;3-2+. The second-order valence-electron chi connectivity index (χ2n) is 20.4. The number of aliphatic carboxylic acids is 1. The number of ether oxygens (including phenoxy) is 10. The van der Waals surface area contributed by atoms with E-state index in [9.17, 15) is 43.8 Å². The van der Waals surface area contributed by atoms with Gasteiger partial charge in [0.1, 0.15) is 24.7 Å². The minimum absolute atomic E-state index is 0.0278. The van der Waals surface area contributed by atoms with Crippen LogP contribution < -0.4 is 28.4 Å². The van der Waals surface area contributed by atoms with Gasteiger partial charge in [-0.25, -0.2) is 33.6 Å². The first-order chi connectivity index (χ1) is 47.0. The highest BCUT2D eigenvalue weighted by Gasteiger charge is 2.14. The number of rotatable bonds is 35. The Hall–Kier alpha value is -11.1. The molecule has 0 spiro atoms. The number of phenols is 2. The van der Waals surface area contributed by atoms with Gasteiger partial charge in [0, 0.05) is 29.4 Å². The van der Waals surface area contributed by atoms with Crippen LogP contribution in [0.5, 0.6) is 46.0 Å². The van der Waals surface area contributed by atoms with Gasteiger partial charge >= 0.3 is 41.8 Å². The Morgan fingerprint density at radius 2 is 0.816 bits per heavy atom. The third-order valence-corrected chi connectivity index (χ3v) is 12.5. The number of allylic oxidation sites excluding steroid dienone is 3. The van der Waals surface area contributed by atoms with Gasteiger partial charge in [0.15, 0.2) is 34.5 Å². The van der Waals surface area contributed by atoms with Gasteiger partial charge < -0.3 is 72.9 Å². The Balaban J connectivity index is 0.000000687. The number of hydrogen-bond acceptors (Lipinski definition) is 20. The highest BCUT2D eigenvalue weighted by Crippen LogP contribution is 2.31. The van der Waals surface area contributed by atoms with E-state index in [4.69, 9.17) is 62.7 Å². The highest BCUT2D eigenvalue weighted by molar-refractivity contribution is 5.92. The molecule has 0 bridgehead atoms. The number of carboxylic acids is 2. The van der Waals surface area contributed by atoms with Gasteiger partial charge in [-0.1, -0.05) is 67.8 Å². The molecular weight excluding hydrogens is 1260 g/mol. The summed E-state index contributed by atoms with van der Waals surface area (Å²) in [7, 11) is 4.36. The number of aliphatic hydroxyl groups excluding tert-OH is 1. The normalized spacial score (nSPS) is 10.6. The molecule has 0 aliphatic rings. The number of esters is 5. The van der Waals surface area contributed by atoms with Gasteiger partial charge in [0.05, 0.1) is 65.5 Å². The summed E-state index contributed by atoms with van der Waals surface area (Å²) >= 11 is 0. The fourth-order valence-electron chi connectivity index (χ4n) is 7.23. The zero-order valence-corrected chi connectivity index (χ0v) is 56.9. The minimum Gasteiger partial charge on any atom is -0.504 e. The first-order valence-corrected chi connectivity index (χ1v) is 31.1. The van der Waals surface area contributed by atoms with Gasteiger partial charge in [-0.05, 0) is 206 Å². The number of carbonyl (C=O) groups is 7. The van der Waals surface area contributed by atoms with E-state index in [0.29, 0.717) is 83.0 Å². The maximum Gasteiger partial charge on any atom is 0.343 e. The lowest BCUT2D eigenvalue weighted by Gasteiger charge is -2.11. The molecule has 22 nitrogen and oxygen atoms in total. The van der Waals surface area contributed by atoms with Gasteiger partial charge in [0.25, 0.3) is 0 Å². The molecule has 0 heterocycles. The van der Waals surface area contributed by atoms with Crippen LogP contribution in [0.3, 0.4) is 0 Å². The number of hydrogen-bond donors (Lipinski definition) is 5. The molecule has 0 saturated carbocycles. The van der Waals surface area contributed by atoms with E-state index in [1.165, 1.54) is 63.8 Å². The zero-order valence-electron chi connectivity index (χ0n) is 56.9. The number of benzene rings is 5. The summed E-state index contributed by atoms with van der Waals surface area (Å²) in [5.74, 6) is -1.39. The summed E-state index contributed by atoms with van der Waals surface area (Å²) < 4.78 is 51.9. The van der Waals surface area contributed by atoms with Gasteiger partial charge in [-0.3, -0.25) is 0 Å². The van der Waals surface area contributed by atoms with Crippen molar-refractivity contribution in [3.63, 3.8) is 0 Å². The van der Waals surface area contributed by atoms with Crippen LogP contribution in [0.2, 0.25) is 0 Å². The Morgan fingerprint density at radius 1 is 0.439 bits per heavy atom. The van der Waals surface area contributed by atoms with Crippen molar-refractivity contribution in [2.75, 3.05) is 67.6 Å². The van der Waals surface area contributed by atoms with Crippen LogP contribution in [-0.4, -0.2) is 135 Å². The molecule has 528 valence electrons. The average Bonchev–Trinajstić information content (AvgIpc) is 0.859. The molecule has 0 atom stereocenters. The second-order valence-corrected chi connectivity index (χ2v) is 20.4. The third-order valence-electron chi connectivity index (χ3n) is 12.5. The van der Waals surface area contributed by atoms with Crippen molar-refractivity contribution in [2.45, 2.75) is 86.0 Å². The quantitative estimate of drug-likeness (QED) is 0.00628. The molecule has 0 radical (unpaired) electrons. The number of aromatic hydroxyl groups is 2. The topological polar surface area (TPSA) is 313 Å². The van der Waals surface area contributed by atoms with Crippen molar-refractivity contribution in [2.24, 2.45) is 0 Å². The molecule has 0 aliphatic carbocycles. The van der Waals surface area contributed by atoms with Crippen LogP contribution >= 0.6 is 0 Å². The lowest BCUT2D eigenvalue weighted by atomic mass is 10.2. The molecule has 5 aromatic rings. The molecule has 98 heavy (non-hydrogen) atoms. The Kier molecular flexibility index (Phi) is 45.2. The third kappa shape index (κ3) is 39.5. The van der Waals surface area contributed by atoms with Crippen molar-refractivity contribution in [1.29, 1.82) is 0 Å². The molecule has 0 aromatic heterocycles. The predicted molar refractivity (Wildman–Crippen MR) is 375 cm³/mol. The first-order valence-electron chi connectivity index (χ1n) is 31.1. The number of carbonyl (C=O) groups excluding carboxylic acids is 5. The molecule has 0 aliphatic heterocycles. The van der Waals surface area contributed by atoms with Crippen LogP contribution in [0.15, 0.2) is 182 Å². The summed E-state index contributed by atoms with van der Waals surface area (Å²) in [6, 6.07) is 27.4. The van der Waals surface area contributed by atoms with Crippen LogP contribution in [-0.2, 0) is 42.9 Å². The van der Waals surface area contributed by atoms with Crippen molar-refractivity contribution in [3.8, 4) is 46.0 Å². The molecule has 5 aromatic carbocycles. The summed E-state index contributed by atoms with van der Waals surface area (Å²) in [6.07, 6.45) is 26.1. The second kappa shape index (κ2) is 52.2. The van der Waals surface area contributed by atoms with E-state index in [-0.39, 0.29) is 54.6 Å². The maximum absolute atomic E-state index is 12.6. The van der Waals surface area contributed by atoms with Crippen LogP contribution in [0.4, 0.5) is 0 Å². The molecular formula is C76H92O22. The van der Waals surface area contributed by atoms with E-state index < -0.39 is 29.8 Å². The number of aliphatic hydroxyl groups is 1. The number of aromatic carboxylic acids is 1. The minimum atomic E-state index is -1.02. The number of unbranched alkanes of at least 4 members (excludes halogenated alkanes) is 6. The summed E-state index contributed by atoms with van der Waals surface area (Å²) in [4.78, 5) is 79.0. The number of methoxy groups -OCH3 is 3. The van der Waals surface area contributed by atoms with Gasteiger partial charge in [-0.2, -0.15) is 0 Å². The maximum atomic E-state index is 12.6. The van der Waals surface area contributed by atoms with Crippen molar-refractivity contribution in [1.82, 2.24) is 0 Å². The lowest BCUT2D eigenvalue weighted by molar-refractivity contribution is -0.139. The highest BCUT2D eigenvalue weighted by atomic mass is 16.6. The largest absolute Gasteiger partial charge is 0.504 e. The number of phenolic OH excluding ortho intramolecular Hbond substituents is 2. The average molecular weight is 1360 g/mol. The molecule has 0 amide bonds. The first kappa shape index (κ1) is 84.9. The van der Waals surface area contributed by atoms with E-state index in [1.54, 1.807) is 135 Å². The molecule has 0 fully saturated rings. The predicted octanol–water partition coefficient (Wildman–Crippen LogP) is 14.1. The van der Waals surface area contributed by atoms with E-state index >= 15 is 0 Å². The SMILES string of the molecule is C/C=C/CO.C/C=C/COC(=O)/C=C/c1ccc(O)c(OC)c1.C=C(C)C(=O)OCCCCCCOc1ccc(C(=O)O)cc1.C=C(C)C(=O)OCCCCCCOc1ccc(C(=O)Oc2ccc(/C=C/C(=O)OC/C=C/C)cc2OC)cc1.COc1cc(/C=C/C(=O)O)ccc1O. The lowest BCUT2D eigenvalue weighted by Crippen LogP contribution is -2.09. The smallest absolute Gasteiger partial charge is 0.343 e. The van der Waals surface area contributed by atoms with E-state index in [0.717, 1.165) is 63.0 Å². The van der Waals surface area contributed by atoms with Crippen molar-refractivity contribution < 1.29 is 106 Å². The molecule has 22 heteroatoms. The van der Waals surface area contributed by atoms with Crippen LogP contribution in [0.1, 0.15) is 123 Å². The fraction of sp³-hybridized carbons (Fsp3) is 0.303. The molecule has 0 unspecified atom stereocenters. The van der Waals surface area contributed by atoms with Crippen LogP contribution in [0.25, 0.3) is 18.2 Å². The zero-order chi connectivity index (χ0) is 72.9. The summed E-state index contributed by atoms with van der Waals surface area (Å²) in [6.45, 7) is 18.5. The molecule has 5 rings (SSSR count). The Labute approximate surface area is 573 Å². The number of carboxylic acid groups (broad SMARTS) is 2. The van der Waals surface area contributed by atoms with Crippen molar-refractivity contribution in [3.05, 3.63) is 210 Å². The summed E-state index contributed by atoms with van der Waals surface area (Å²) in [5, 5.41) is 43.8.